The fourth-order valence-corrected chi connectivity index (χ4v) is 4.92. The van der Waals surface area contributed by atoms with E-state index in [-0.39, 0.29) is 17.7 Å². The molecule has 3 aromatic rings. The van der Waals surface area contributed by atoms with Crippen molar-refractivity contribution >= 4 is 10.9 Å². The van der Waals surface area contributed by atoms with Gasteiger partial charge < -0.3 is 19.5 Å². The minimum Gasteiger partial charge on any atom is -0.376 e. The smallest absolute Gasteiger partial charge is 0.258 e. The lowest BCUT2D eigenvalue weighted by molar-refractivity contribution is -1.02. The van der Waals surface area contributed by atoms with Gasteiger partial charge in [-0.2, -0.15) is 0 Å². The predicted octanol–water partition coefficient (Wildman–Crippen LogP) is -1.50. The second kappa shape index (κ2) is 8.49. The summed E-state index contributed by atoms with van der Waals surface area (Å²) in [7, 11) is 2.22. The highest BCUT2D eigenvalue weighted by Gasteiger charge is 2.37. The third kappa shape index (κ3) is 4.13. The maximum atomic E-state index is 13.2. The van der Waals surface area contributed by atoms with E-state index >= 15 is 0 Å². The van der Waals surface area contributed by atoms with E-state index in [1.807, 2.05) is 22.9 Å². The average molecular weight is 426 g/mol. The van der Waals surface area contributed by atoms with Crippen LogP contribution < -0.4 is 15.4 Å². The summed E-state index contributed by atoms with van der Waals surface area (Å²) < 4.78 is 7.69. The van der Waals surface area contributed by atoms with Crippen molar-refractivity contribution < 1.29 is 14.5 Å². The number of nitrogens with zero attached hydrogens (tertiary/aromatic N) is 4. The minimum atomic E-state index is -0.210. The van der Waals surface area contributed by atoms with E-state index in [1.165, 1.54) is 15.4 Å². The molecule has 4 heterocycles. The summed E-state index contributed by atoms with van der Waals surface area (Å²) in [6.45, 7) is 7.54. The van der Waals surface area contributed by atoms with Crippen LogP contribution in [0.4, 0.5) is 0 Å². The minimum absolute atomic E-state index is 0.0632. The molecule has 2 aliphatic heterocycles. The Morgan fingerprint density at radius 2 is 2.10 bits per heavy atom. The number of aromatic nitrogens is 5. The monoisotopic (exact) mass is 425 g/mol. The van der Waals surface area contributed by atoms with Crippen molar-refractivity contribution in [1.82, 2.24) is 25.2 Å². The number of ether oxygens (including phenoxy) is 1. The Morgan fingerprint density at radius 1 is 1.26 bits per heavy atom. The number of aryl methyl sites for hydroxylation is 1. The number of tetrazole rings is 1. The summed E-state index contributed by atoms with van der Waals surface area (Å²) in [5.41, 5.74) is 2.69. The molecule has 2 saturated heterocycles. The summed E-state index contributed by atoms with van der Waals surface area (Å²) in [5, 5.41) is 13.8. The Morgan fingerprint density at radius 3 is 2.87 bits per heavy atom. The number of nitrogens with one attached hydrogen (secondary N) is 3. The van der Waals surface area contributed by atoms with Crippen molar-refractivity contribution in [2.45, 2.75) is 38.5 Å². The Hall–Kier alpha value is -2.62. The molecule has 31 heavy (non-hydrogen) atoms. The number of hydrogen-bond donors (Lipinski definition) is 3. The molecule has 5 rings (SSSR count). The molecular weight excluding hydrogens is 394 g/mol. The Labute approximate surface area is 181 Å². The zero-order chi connectivity index (χ0) is 21.4. The van der Waals surface area contributed by atoms with Crippen LogP contribution in [-0.4, -0.2) is 71.1 Å². The fraction of sp³-hybridized carbons (Fsp3) is 0.545. The molecule has 1 aromatic carbocycles. The van der Waals surface area contributed by atoms with Gasteiger partial charge in [0.2, 0.25) is 5.82 Å². The van der Waals surface area contributed by atoms with Crippen LogP contribution in [0.15, 0.2) is 29.1 Å². The summed E-state index contributed by atoms with van der Waals surface area (Å²) in [5.74, 6) is 0.752. The molecule has 2 aromatic heterocycles. The van der Waals surface area contributed by atoms with E-state index in [1.54, 1.807) is 0 Å². The van der Waals surface area contributed by atoms with Gasteiger partial charge in [-0.05, 0) is 53.8 Å². The van der Waals surface area contributed by atoms with E-state index in [2.05, 4.69) is 40.5 Å². The lowest BCUT2D eigenvalue weighted by atomic mass is 10.0. The van der Waals surface area contributed by atoms with Gasteiger partial charge in [-0.15, -0.1) is 5.10 Å². The second-order valence-corrected chi connectivity index (χ2v) is 9.05. The lowest BCUT2D eigenvalue weighted by Crippen LogP contribution is -3.27. The molecule has 0 unspecified atom stereocenters. The Balaban J connectivity index is 1.59. The van der Waals surface area contributed by atoms with Crippen molar-refractivity contribution in [2.24, 2.45) is 0 Å². The molecule has 0 amide bonds. The van der Waals surface area contributed by atoms with Crippen LogP contribution in [0.25, 0.3) is 10.9 Å². The highest BCUT2D eigenvalue weighted by Crippen LogP contribution is 2.21. The van der Waals surface area contributed by atoms with E-state index < -0.39 is 0 Å². The zero-order valence-electron chi connectivity index (χ0n) is 18.2. The number of hydrogen-bond acceptors (Lipinski definition) is 5. The van der Waals surface area contributed by atoms with Gasteiger partial charge in [-0.25, -0.2) is 4.68 Å². The first-order chi connectivity index (χ1) is 15.1. The van der Waals surface area contributed by atoms with Crippen LogP contribution in [-0.2, 0) is 11.3 Å². The first kappa shape index (κ1) is 20.3. The maximum absolute atomic E-state index is 13.2. The van der Waals surface area contributed by atoms with Crippen LogP contribution in [0, 0.1) is 6.92 Å². The van der Waals surface area contributed by atoms with E-state index in [0.29, 0.717) is 6.54 Å². The van der Waals surface area contributed by atoms with Gasteiger partial charge in [0.25, 0.3) is 5.56 Å². The number of likely N-dealkylation sites (N-methyl/N-ethyl adjacent to an activating group) is 1. The average Bonchev–Trinajstić information content (AvgIpc) is 3.43. The summed E-state index contributed by atoms with van der Waals surface area (Å²) in [6, 6.07) is 7.93. The van der Waals surface area contributed by atoms with Gasteiger partial charge in [0.05, 0.1) is 25.3 Å². The standard InChI is InChI=1S/C22H29N7O2/c1-15-5-6-19-16(12-15)13-18(22(30)23-19)20(28-9-7-27(2)8-10-28)21-24-25-26-29(21)14-17-4-3-11-31-17/h5-6,12-13,17,20H,3-4,7-11,14H2,1-2H3,(H,23,30)/p+2/t17-,20+/m0/s1. The van der Waals surface area contributed by atoms with Crippen LogP contribution >= 0.6 is 0 Å². The number of fused-ring (bicyclic) bond motifs is 1. The molecule has 9 heteroatoms. The second-order valence-electron chi connectivity index (χ2n) is 9.05. The molecule has 0 radical (unpaired) electrons. The molecule has 0 saturated carbocycles. The summed E-state index contributed by atoms with van der Waals surface area (Å²) >= 11 is 0. The number of rotatable bonds is 5. The quantitative estimate of drug-likeness (QED) is 0.463. The Bertz CT molecular complexity index is 1110. The van der Waals surface area contributed by atoms with Crippen LogP contribution in [0.2, 0.25) is 0 Å². The van der Waals surface area contributed by atoms with Gasteiger partial charge in [0.15, 0.2) is 6.04 Å². The van der Waals surface area contributed by atoms with Gasteiger partial charge in [-0.1, -0.05) is 11.6 Å². The molecule has 0 aliphatic carbocycles. The number of aromatic amines is 1. The van der Waals surface area contributed by atoms with E-state index in [4.69, 9.17) is 4.74 Å². The first-order valence-corrected chi connectivity index (χ1v) is 11.3. The normalized spacial score (nSPS) is 25.2. The third-order valence-corrected chi connectivity index (χ3v) is 6.71. The highest BCUT2D eigenvalue weighted by atomic mass is 16.5. The number of quaternary nitrogens is 2. The van der Waals surface area contributed by atoms with Crippen molar-refractivity contribution in [1.29, 1.82) is 0 Å². The number of H-pyrrole nitrogens is 1. The van der Waals surface area contributed by atoms with Crippen molar-refractivity contribution in [3.05, 3.63) is 51.6 Å². The van der Waals surface area contributed by atoms with Gasteiger partial charge in [0.1, 0.15) is 26.2 Å². The zero-order valence-corrected chi connectivity index (χ0v) is 18.2. The SMILES string of the molecule is Cc1ccc2[nH]c(=O)c([C@H](c3nnnn3C[C@@H]3CCCO3)[NH+]3CC[NH+](C)CC3)cc2c1. The van der Waals surface area contributed by atoms with Crippen LogP contribution in [0.5, 0.6) is 0 Å². The lowest BCUT2D eigenvalue weighted by Gasteiger charge is -2.32. The molecule has 2 fully saturated rings. The van der Waals surface area contributed by atoms with Gasteiger partial charge in [-0.3, -0.25) is 4.79 Å². The van der Waals surface area contributed by atoms with Crippen LogP contribution in [0.1, 0.15) is 35.8 Å². The molecule has 0 spiro atoms. The van der Waals surface area contributed by atoms with Crippen LogP contribution in [0.3, 0.4) is 0 Å². The van der Waals surface area contributed by atoms with Gasteiger partial charge in [0, 0.05) is 12.1 Å². The molecular formula is C22H31N7O2+2. The predicted molar refractivity (Wildman–Crippen MR) is 115 cm³/mol. The third-order valence-electron chi connectivity index (χ3n) is 6.71. The number of benzene rings is 1. The van der Waals surface area contributed by atoms with E-state index in [9.17, 15) is 4.79 Å². The molecule has 0 bridgehead atoms. The number of piperazine rings is 1. The number of pyridine rings is 1. The molecule has 9 nitrogen and oxygen atoms in total. The van der Waals surface area contributed by atoms with Gasteiger partial charge >= 0.3 is 0 Å². The largest absolute Gasteiger partial charge is 0.376 e. The van der Waals surface area contributed by atoms with Crippen molar-refractivity contribution in [2.75, 3.05) is 39.8 Å². The summed E-state index contributed by atoms with van der Waals surface area (Å²) in [6.07, 6.45) is 2.22. The van der Waals surface area contributed by atoms with E-state index in [0.717, 1.165) is 67.9 Å². The Kier molecular flexibility index (Phi) is 5.56. The van der Waals surface area contributed by atoms with Crippen molar-refractivity contribution in [3.63, 3.8) is 0 Å². The fourth-order valence-electron chi connectivity index (χ4n) is 4.92. The maximum Gasteiger partial charge on any atom is 0.258 e. The summed E-state index contributed by atoms with van der Waals surface area (Å²) in [4.78, 5) is 19.2. The molecule has 2 aliphatic rings. The molecule has 2 atom stereocenters. The van der Waals surface area contributed by atoms with Crippen molar-refractivity contribution in [3.8, 4) is 0 Å². The highest BCUT2D eigenvalue weighted by molar-refractivity contribution is 5.79. The topological polar surface area (TPSA) is 94.6 Å². The molecule has 164 valence electrons. The first-order valence-electron chi connectivity index (χ1n) is 11.3. The molecule has 3 N–H and O–H groups in total.